The van der Waals surface area contributed by atoms with E-state index in [0.717, 1.165) is 25.7 Å². The standard InChI is InChI=1S/C19H24O2/c1-18-6-5-15-13(14(18)2-3-17(18)21)8-11-10-19(15)7-4-12(20)9-16(11)19/h5,9,11,13-14,17,21H,2-4,6-8,10H2,1H3/t11-,13?,14?,17+,18+,19+/m1/s1. The molecule has 2 unspecified atom stereocenters. The van der Waals surface area contributed by atoms with Crippen molar-refractivity contribution in [2.75, 3.05) is 0 Å². The number of ketones is 1. The summed E-state index contributed by atoms with van der Waals surface area (Å²) in [6.45, 7) is 2.31. The SMILES string of the molecule is C[C@]12CC=C3C(C[C@@H]4C[C@@]35CCC(=O)C=C45)C1CC[C@@H]2O. The van der Waals surface area contributed by atoms with Gasteiger partial charge < -0.3 is 5.11 Å². The topological polar surface area (TPSA) is 37.3 Å². The Hall–Kier alpha value is -0.890. The highest BCUT2D eigenvalue weighted by Crippen LogP contribution is 2.72. The van der Waals surface area contributed by atoms with Gasteiger partial charge in [-0.1, -0.05) is 24.1 Å². The molecule has 112 valence electrons. The van der Waals surface area contributed by atoms with E-state index in [2.05, 4.69) is 13.0 Å². The molecule has 6 rings (SSSR count). The van der Waals surface area contributed by atoms with Crippen LogP contribution in [0, 0.1) is 28.6 Å². The molecule has 2 heteroatoms. The molecule has 0 amide bonds. The smallest absolute Gasteiger partial charge is 0.155 e. The predicted octanol–water partition coefficient (Wildman–Crippen LogP) is 3.41. The monoisotopic (exact) mass is 284 g/mol. The highest BCUT2D eigenvalue weighted by atomic mass is 16.3. The van der Waals surface area contributed by atoms with Gasteiger partial charge in [0.2, 0.25) is 0 Å². The summed E-state index contributed by atoms with van der Waals surface area (Å²) in [7, 11) is 0. The van der Waals surface area contributed by atoms with E-state index in [1.165, 1.54) is 24.8 Å². The number of rotatable bonds is 0. The number of aliphatic hydroxyl groups is 1. The van der Waals surface area contributed by atoms with Crippen molar-refractivity contribution < 1.29 is 9.90 Å². The van der Waals surface area contributed by atoms with Gasteiger partial charge >= 0.3 is 0 Å². The lowest BCUT2D eigenvalue weighted by Crippen LogP contribution is -2.55. The Balaban J connectivity index is 1.60. The number of aliphatic hydroxyl groups excluding tert-OH is 1. The molecule has 6 aliphatic rings. The van der Waals surface area contributed by atoms with Gasteiger partial charge in [-0.25, -0.2) is 0 Å². The van der Waals surface area contributed by atoms with E-state index in [4.69, 9.17) is 0 Å². The van der Waals surface area contributed by atoms with Crippen LogP contribution in [-0.4, -0.2) is 17.0 Å². The molecule has 0 aliphatic heterocycles. The second kappa shape index (κ2) is 3.71. The fourth-order valence-corrected chi connectivity index (χ4v) is 6.67. The molecule has 21 heavy (non-hydrogen) atoms. The first-order chi connectivity index (χ1) is 10.0. The van der Waals surface area contributed by atoms with Gasteiger partial charge in [0.1, 0.15) is 0 Å². The van der Waals surface area contributed by atoms with E-state index >= 15 is 0 Å². The zero-order valence-corrected chi connectivity index (χ0v) is 12.8. The molecule has 1 spiro atoms. The van der Waals surface area contributed by atoms with Crippen molar-refractivity contribution in [3.63, 3.8) is 0 Å². The second-order valence-corrected chi connectivity index (χ2v) is 8.46. The molecule has 0 aromatic carbocycles. The average Bonchev–Trinajstić information content (AvgIpc) is 2.77. The third-order valence-corrected chi connectivity index (χ3v) is 7.80. The minimum atomic E-state index is -0.112. The molecule has 2 nitrogen and oxygen atoms in total. The van der Waals surface area contributed by atoms with Crippen LogP contribution in [0.2, 0.25) is 0 Å². The number of carbonyl (C=O) groups excluding carboxylic acids is 1. The van der Waals surface area contributed by atoms with Crippen molar-refractivity contribution in [2.24, 2.45) is 28.6 Å². The first-order valence-electron chi connectivity index (χ1n) is 8.68. The summed E-state index contributed by atoms with van der Waals surface area (Å²) in [5.74, 6) is 2.37. The molecule has 0 heterocycles. The number of fused-ring (bicyclic) bond motifs is 1. The average molecular weight is 284 g/mol. The summed E-state index contributed by atoms with van der Waals surface area (Å²) in [4.78, 5) is 11.8. The highest BCUT2D eigenvalue weighted by molar-refractivity contribution is 5.92. The summed E-state index contributed by atoms with van der Waals surface area (Å²) in [6.07, 6.45) is 11.9. The third kappa shape index (κ3) is 1.32. The molecule has 4 fully saturated rings. The normalized spacial score (nSPS) is 53.9. The van der Waals surface area contributed by atoms with Crippen molar-refractivity contribution in [1.82, 2.24) is 0 Å². The molecule has 0 saturated heterocycles. The van der Waals surface area contributed by atoms with Gasteiger partial charge in [-0.2, -0.15) is 0 Å². The van der Waals surface area contributed by atoms with Gasteiger partial charge in [0.05, 0.1) is 6.10 Å². The third-order valence-electron chi connectivity index (χ3n) is 7.80. The van der Waals surface area contributed by atoms with Crippen LogP contribution in [0.1, 0.15) is 51.9 Å². The minimum absolute atomic E-state index is 0.112. The maximum absolute atomic E-state index is 11.8. The van der Waals surface area contributed by atoms with E-state index in [9.17, 15) is 9.90 Å². The molecule has 6 atom stereocenters. The number of carbonyl (C=O) groups is 1. The fraction of sp³-hybridized carbons (Fsp3) is 0.737. The lowest BCUT2D eigenvalue weighted by molar-refractivity contribution is -0.117. The van der Waals surface area contributed by atoms with Crippen LogP contribution >= 0.6 is 0 Å². The molecule has 4 saturated carbocycles. The number of hydrogen-bond donors (Lipinski definition) is 1. The van der Waals surface area contributed by atoms with Gasteiger partial charge in [-0.3, -0.25) is 4.79 Å². The van der Waals surface area contributed by atoms with Gasteiger partial charge in [-0.15, -0.1) is 0 Å². The molecular weight excluding hydrogens is 260 g/mol. The molecule has 0 aromatic rings. The largest absolute Gasteiger partial charge is 0.393 e. The van der Waals surface area contributed by atoms with Crippen molar-refractivity contribution in [3.8, 4) is 0 Å². The zero-order valence-electron chi connectivity index (χ0n) is 12.8. The molecule has 0 aromatic heterocycles. The summed E-state index contributed by atoms with van der Waals surface area (Å²) < 4.78 is 0. The molecule has 0 radical (unpaired) electrons. The quantitative estimate of drug-likeness (QED) is 0.692. The van der Waals surface area contributed by atoms with E-state index in [-0.39, 0.29) is 16.9 Å². The van der Waals surface area contributed by atoms with E-state index < -0.39 is 0 Å². The minimum Gasteiger partial charge on any atom is -0.393 e. The summed E-state index contributed by atoms with van der Waals surface area (Å²) in [5.41, 5.74) is 3.53. The Morgan fingerprint density at radius 2 is 2.14 bits per heavy atom. The molecule has 6 aliphatic carbocycles. The highest BCUT2D eigenvalue weighted by Gasteiger charge is 2.63. The summed E-state index contributed by atoms with van der Waals surface area (Å²) >= 11 is 0. The Morgan fingerprint density at radius 3 is 3.00 bits per heavy atom. The number of hydrogen-bond acceptors (Lipinski definition) is 2. The van der Waals surface area contributed by atoms with Crippen LogP contribution in [0.15, 0.2) is 23.3 Å². The first-order valence-corrected chi connectivity index (χ1v) is 8.68. The van der Waals surface area contributed by atoms with Crippen LogP contribution in [-0.2, 0) is 4.79 Å². The Kier molecular flexibility index (Phi) is 2.23. The summed E-state index contributed by atoms with van der Waals surface area (Å²) in [6, 6.07) is 0. The maximum atomic E-state index is 11.8. The van der Waals surface area contributed by atoms with Crippen LogP contribution in [0.4, 0.5) is 0 Å². The molecule has 2 bridgehead atoms. The maximum Gasteiger partial charge on any atom is 0.155 e. The second-order valence-electron chi connectivity index (χ2n) is 8.46. The van der Waals surface area contributed by atoms with Crippen LogP contribution in [0.5, 0.6) is 0 Å². The van der Waals surface area contributed by atoms with E-state index in [1.54, 1.807) is 5.57 Å². The van der Waals surface area contributed by atoms with Gasteiger partial charge in [0, 0.05) is 17.3 Å². The van der Waals surface area contributed by atoms with Crippen molar-refractivity contribution in [3.05, 3.63) is 23.3 Å². The van der Waals surface area contributed by atoms with Crippen LogP contribution in [0.25, 0.3) is 0 Å². The lowest BCUT2D eigenvalue weighted by atomic mass is 9.40. The van der Waals surface area contributed by atoms with Gasteiger partial charge in [0.15, 0.2) is 5.78 Å². The fourth-order valence-electron chi connectivity index (χ4n) is 6.67. The van der Waals surface area contributed by atoms with Crippen LogP contribution in [0.3, 0.4) is 0 Å². The lowest BCUT2D eigenvalue weighted by Gasteiger charge is -2.64. The predicted molar refractivity (Wildman–Crippen MR) is 80.5 cm³/mol. The Labute approximate surface area is 126 Å². The Bertz CT molecular complexity index is 601. The van der Waals surface area contributed by atoms with Crippen molar-refractivity contribution in [2.45, 2.75) is 58.0 Å². The van der Waals surface area contributed by atoms with Crippen molar-refractivity contribution >= 4 is 5.78 Å². The zero-order chi connectivity index (χ0) is 14.4. The molecular formula is C19H24O2. The summed E-state index contributed by atoms with van der Waals surface area (Å²) in [5, 5.41) is 10.4. The van der Waals surface area contributed by atoms with E-state index in [0.29, 0.717) is 23.5 Å². The van der Waals surface area contributed by atoms with Gasteiger partial charge in [0.25, 0.3) is 0 Å². The van der Waals surface area contributed by atoms with E-state index in [1.807, 2.05) is 6.08 Å². The number of allylic oxidation sites excluding steroid dienone is 4. The Morgan fingerprint density at radius 1 is 1.29 bits per heavy atom. The first kappa shape index (κ1) is 12.6. The van der Waals surface area contributed by atoms with Crippen LogP contribution < -0.4 is 0 Å². The van der Waals surface area contributed by atoms with Gasteiger partial charge in [-0.05, 0) is 62.4 Å². The molecule has 1 N–H and O–H groups in total. The van der Waals surface area contributed by atoms with Crippen molar-refractivity contribution in [1.29, 1.82) is 0 Å².